The molecule has 0 radical (unpaired) electrons. The molecule has 0 bridgehead atoms. The van der Waals surface area contributed by atoms with Gasteiger partial charge in [0.05, 0.1) is 10.2 Å². The Hall–Kier alpha value is -2.52. The molecule has 0 saturated carbocycles. The number of nitro groups is 1. The molecular formula is C20H20N4O3S2. The number of benzene rings is 1. The summed E-state index contributed by atoms with van der Waals surface area (Å²) in [4.78, 5) is 34.8. The third-order valence-electron chi connectivity index (χ3n) is 4.88. The van der Waals surface area contributed by atoms with E-state index in [1.165, 1.54) is 47.2 Å². The topological polar surface area (TPSA) is 98.0 Å². The van der Waals surface area contributed by atoms with Gasteiger partial charge in [-0.15, -0.1) is 11.3 Å². The number of aryl methyl sites for hydroxylation is 3. The van der Waals surface area contributed by atoms with Crippen LogP contribution in [-0.4, -0.2) is 26.0 Å². The number of anilines is 1. The first-order valence-corrected chi connectivity index (χ1v) is 11.1. The highest BCUT2D eigenvalue weighted by molar-refractivity contribution is 8.00. The Morgan fingerprint density at radius 2 is 2.10 bits per heavy atom. The Bertz CT molecular complexity index is 1110. The standard InChI is InChI=1S/C20H20N4O3S2/c1-11(18(25)23-13-6-5-7-14(10-13)24(26)27)28-19-17-15-8-3-4-9-16(15)29-20(17)22-12(2)21-19/h5-7,10-11H,3-4,8-9H2,1-2H3,(H,23,25). The molecule has 0 saturated heterocycles. The average Bonchev–Trinajstić information content (AvgIpc) is 3.06. The quantitative estimate of drug-likeness (QED) is 0.268. The number of nitrogens with zero attached hydrogens (tertiary/aromatic N) is 3. The Morgan fingerprint density at radius 3 is 2.90 bits per heavy atom. The second kappa shape index (κ2) is 8.08. The molecule has 1 unspecified atom stereocenters. The molecule has 29 heavy (non-hydrogen) atoms. The van der Waals surface area contributed by atoms with Crippen LogP contribution in [-0.2, 0) is 17.6 Å². The molecule has 1 aliphatic carbocycles. The highest BCUT2D eigenvalue weighted by atomic mass is 32.2. The number of thioether (sulfide) groups is 1. The molecule has 1 aliphatic rings. The molecule has 3 aromatic rings. The van der Waals surface area contributed by atoms with Crippen LogP contribution in [0.2, 0.25) is 0 Å². The summed E-state index contributed by atoms with van der Waals surface area (Å²) in [7, 11) is 0. The van der Waals surface area contributed by atoms with Crippen molar-refractivity contribution in [2.45, 2.75) is 49.8 Å². The van der Waals surface area contributed by atoms with E-state index in [4.69, 9.17) is 0 Å². The maximum Gasteiger partial charge on any atom is 0.271 e. The maximum absolute atomic E-state index is 12.7. The van der Waals surface area contributed by atoms with Crippen molar-refractivity contribution in [1.82, 2.24) is 9.97 Å². The van der Waals surface area contributed by atoms with Gasteiger partial charge in [-0.25, -0.2) is 9.97 Å². The summed E-state index contributed by atoms with van der Waals surface area (Å²) in [6.07, 6.45) is 4.49. The normalized spacial score (nSPS) is 14.4. The van der Waals surface area contributed by atoms with Crippen molar-refractivity contribution in [2.75, 3.05) is 5.32 Å². The molecule has 0 fully saturated rings. The van der Waals surface area contributed by atoms with E-state index in [0.717, 1.165) is 28.1 Å². The lowest BCUT2D eigenvalue weighted by atomic mass is 9.97. The summed E-state index contributed by atoms with van der Waals surface area (Å²) in [6.45, 7) is 3.69. The van der Waals surface area contributed by atoms with Crippen LogP contribution >= 0.6 is 23.1 Å². The van der Waals surface area contributed by atoms with Crippen LogP contribution in [0.1, 0.15) is 36.0 Å². The van der Waals surface area contributed by atoms with Crippen LogP contribution in [0.4, 0.5) is 11.4 Å². The first-order valence-electron chi connectivity index (χ1n) is 9.43. The van der Waals surface area contributed by atoms with Gasteiger partial charge in [0, 0.05) is 28.1 Å². The average molecular weight is 429 g/mol. The molecule has 0 aliphatic heterocycles. The molecule has 1 amide bonds. The Morgan fingerprint density at radius 1 is 1.31 bits per heavy atom. The van der Waals surface area contributed by atoms with Gasteiger partial charge in [0.15, 0.2) is 0 Å². The van der Waals surface area contributed by atoms with E-state index < -0.39 is 10.2 Å². The summed E-state index contributed by atoms with van der Waals surface area (Å²) >= 11 is 3.15. The van der Waals surface area contributed by atoms with E-state index in [1.807, 2.05) is 13.8 Å². The predicted octanol–water partition coefficient (Wildman–Crippen LogP) is 4.91. The van der Waals surface area contributed by atoms with Crippen LogP contribution in [0.3, 0.4) is 0 Å². The van der Waals surface area contributed by atoms with E-state index in [2.05, 4.69) is 15.3 Å². The molecule has 150 valence electrons. The summed E-state index contributed by atoms with van der Waals surface area (Å²) in [5.74, 6) is 0.480. The third kappa shape index (κ3) is 4.11. The van der Waals surface area contributed by atoms with Crippen LogP contribution < -0.4 is 5.32 Å². The van der Waals surface area contributed by atoms with Crippen LogP contribution in [0.25, 0.3) is 10.2 Å². The van der Waals surface area contributed by atoms with Crippen molar-refractivity contribution in [3.8, 4) is 0 Å². The molecule has 7 nitrogen and oxygen atoms in total. The largest absolute Gasteiger partial charge is 0.325 e. The number of non-ortho nitro benzene ring substituents is 1. The van der Waals surface area contributed by atoms with Crippen molar-refractivity contribution in [1.29, 1.82) is 0 Å². The van der Waals surface area contributed by atoms with Gasteiger partial charge in [-0.2, -0.15) is 0 Å². The second-order valence-corrected chi connectivity index (χ2v) is 9.44. The molecule has 9 heteroatoms. The Balaban J connectivity index is 1.58. The fourth-order valence-electron chi connectivity index (χ4n) is 3.47. The number of carbonyl (C=O) groups is 1. The number of hydrogen-bond donors (Lipinski definition) is 1. The molecular weight excluding hydrogens is 408 g/mol. The fourth-order valence-corrected chi connectivity index (χ4v) is 5.87. The van der Waals surface area contributed by atoms with Crippen molar-refractivity contribution in [3.05, 3.63) is 50.6 Å². The van der Waals surface area contributed by atoms with Crippen molar-refractivity contribution in [3.63, 3.8) is 0 Å². The molecule has 4 rings (SSSR count). The van der Waals surface area contributed by atoms with E-state index in [1.54, 1.807) is 23.5 Å². The Kier molecular flexibility index (Phi) is 5.51. The van der Waals surface area contributed by atoms with Gasteiger partial charge in [0.2, 0.25) is 5.91 Å². The molecule has 1 N–H and O–H groups in total. The monoisotopic (exact) mass is 428 g/mol. The zero-order valence-corrected chi connectivity index (χ0v) is 17.7. The number of thiophene rings is 1. The highest BCUT2D eigenvalue weighted by Crippen LogP contribution is 2.40. The third-order valence-corrected chi connectivity index (χ3v) is 7.15. The number of aromatic nitrogens is 2. The van der Waals surface area contributed by atoms with Gasteiger partial charge in [-0.05, 0) is 51.2 Å². The van der Waals surface area contributed by atoms with Gasteiger partial charge >= 0.3 is 0 Å². The minimum Gasteiger partial charge on any atom is -0.325 e. The predicted molar refractivity (Wildman–Crippen MR) is 116 cm³/mol. The minimum atomic E-state index is -0.478. The number of nitro benzene ring substituents is 1. The van der Waals surface area contributed by atoms with Gasteiger partial charge in [-0.3, -0.25) is 14.9 Å². The first-order chi connectivity index (χ1) is 13.9. The molecule has 1 aromatic carbocycles. The molecule has 1 atom stereocenters. The zero-order chi connectivity index (χ0) is 20.5. The SMILES string of the molecule is Cc1nc(SC(C)C(=O)Nc2cccc([N+](=O)[O-])c2)c2c3c(sc2n1)CCCC3. The van der Waals surface area contributed by atoms with Gasteiger partial charge in [0.25, 0.3) is 5.69 Å². The lowest BCUT2D eigenvalue weighted by molar-refractivity contribution is -0.384. The summed E-state index contributed by atoms with van der Waals surface area (Å²) < 4.78 is 0. The van der Waals surface area contributed by atoms with Crippen LogP contribution in [0.5, 0.6) is 0 Å². The lowest BCUT2D eigenvalue weighted by Gasteiger charge is -2.14. The number of carbonyl (C=O) groups excluding carboxylic acids is 1. The number of amides is 1. The van der Waals surface area contributed by atoms with Crippen LogP contribution in [0, 0.1) is 17.0 Å². The van der Waals surface area contributed by atoms with E-state index in [-0.39, 0.29) is 11.6 Å². The van der Waals surface area contributed by atoms with E-state index >= 15 is 0 Å². The maximum atomic E-state index is 12.7. The second-order valence-electron chi connectivity index (χ2n) is 7.02. The van der Waals surface area contributed by atoms with Crippen molar-refractivity contribution >= 4 is 50.6 Å². The first kappa shape index (κ1) is 19.8. The highest BCUT2D eigenvalue weighted by Gasteiger charge is 2.24. The molecule has 0 spiro atoms. The smallest absolute Gasteiger partial charge is 0.271 e. The fraction of sp³-hybridized carbons (Fsp3) is 0.350. The van der Waals surface area contributed by atoms with E-state index in [0.29, 0.717) is 11.5 Å². The van der Waals surface area contributed by atoms with Gasteiger partial charge < -0.3 is 5.32 Å². The number of hydrogen-bond acceptors (Lipinski definition) is 7. The van der Waals surface area contributed by atoms with Gasteiger partial charge in [-0.1, -0.05) is 17.8 Å². The number of fused-ring (bicyclic) bond motifs is 3. The van der Waals surface area contributed by atoms with Crippen LogP contribution in [0.15, 0.2) is 29.3 Å². The van der Waals surface area contributed by atoms with Crippen molar-refractivity contribution in [2.24, 2.45) is 0 Å². The number of nitrogens with one attached hydrogen (secondary N) is 1. The van der Waals surface area contributed by atoms with Crippen molar-refractivity contribution < 1.29 is 9.72 Å². The minimum absolute atomic E-state index is 0.0545. The lowest BCUT2D eigenvalue weighted by Crippen LogP contribution is -2.22. The molecule has 2 aromatic heterocycles. The van der Waals surface area contributed by atoms with E-state index in [9.17, 15) is 14.9 Å². The summed E-state index contributed by atoms with van der Waals surface area (Å²) in [5.41, 5.74) is 1.69. The Labute approximate surface area is 176 Å². The summed E-state index contributed by atoms with van der Waals surface area (Å²) in [6, 6.07) is 5.95. The number of rotatable bonds is 5. The van der Waals surface area contributed by atoms with Gasteiger partial charge in [0.1, 0.15) is 15.7 Å². The molecule has 2 heterocycles. The zero-order valence-electron chi connectivity index (χ0n) is 16.1. The summed E-state index contributed by atoms with van der Waals surface area (Å²) in [5, 5.41) is 15.2.